The lowest BCUT2D eigenvalue weighted by Gasteiger charge is -2.16. The Kier molecular flexibility index (Phi) is 4.71. The summed E-state index contributed by atoms with van der Waals surface area (Å²) >= 11 is 0. The molecule has 0 aliphatic carbocycles. The third-order valence-electron chi connectivity index (χ3n) is 2.45. The monoisotopic (exact) mass is 278 g/mol. The minimum absolute atomic E-state index is 0.0928. The van der Waals surface area contributed by atoms with Gasteiger partial charge in [0.25, 0.3) is 0 Å². The van der Waals surface area contributed by atoms with E-state index in [1.807, 2.05) is 0 Å². The summed E-state index contributed by atoms with van der Waals surface area (Å²) in [7, 11) is 1.18. The number of methoxy groups -OCH3 is 1. The summed E-state index contributed by atoms with van der Waals surface area (Å²) in [5.74, 6) is -1.09. The van der Waals surface area contributed by atoms with Crippen molar-refractivity contribution in [1.29, 1.82) is 0 Å². The van der Waals surface area contributed by atoms with Crippen LogP contribution in [-0.2, 0) is 22.5 Å². The van der Waals surface area contributed by atoms with E-state index in [-0.39, 0.29) is 24.1 Å². The SMILES string of the molecule is COC(=O)Cc1c(C)ncc(OC(F)(F)F)c1CN. The number of carbonyl (C=O) groups is 1. The molecule has 0 amide bonds. The molecule has 0 radical (unpaired) electrons. The normalized spacial score (nSPS) is 11.3. The molecule has 0 saturated carbocycles. The van der Waals surface area contributed by atoms with Gasteiger partial charge in [-0.1, -0.05) is 0 Å². The number of esters is 1. The van der Waals surface area contributed by atoms with Crippen LogP contribution in [0.2, 0.25) is 0 Å². The van der Waals surface area contributed by atoms with Crippen LogP contribution in [0.15, 0.2) is 6.20 Å². The summed E-state index contributed by atoms with van der Waals surface area (Å²) < 4.78 is 45.0. The second-order valence-corrected chi connectivity index (χ2v) is 3.67. The molecule has 0 saturated heterocycles. The Balaban J connectivity index is 3.21. The predicted octanol–water partition coefficient (Wildman–Crippen LogP) is 1.46. The first-order valence-electron chi connectivity index (χ1n) is 5.28. The van der Waals surface area contributed by atoms with Crippen LogP contribution in [0.4, 0.5) is 13.2 Å². The topological polar surface area (TPSA) is 74.4 Å². The van der Waals surface area contributed by atoms with Gasteiger partial charge in [0.1, 0.15) is 0 Å². The average molecular weight is 278 g/mol. The lowest BCUT2D eigenvalue weighted by atomic mass is 10.0. The molecule has 1 aromatic rings. The summed E-state index contributed by atoms with van der Waals surface area (Å²) in [6, 6.07) is 0. The van der Waals surface area contributed by atoms with E-state index in [1.165, 1.54) is 7.11 Å². The van der Waals surface area contributed by atoms with Gasteiger partial charge in [0.05, 0.1) is 19.7 Å². The van der Waals surface area contributed by atoms with Gasteiger partial charge in [-0.2, -0.15) is 0 Å². The molecule has 0 atom stereocenters. The van der Waals surface area contributed by atoms with Crippen molar-refractivity contribution in [2.45, 2.75) is 26.3 Å². The third kappa shape index (κ3) is 4.09. The lowest BCUT2D eigenvalue weighted by molar-refractivity contribution is -0.275. The first kappa shape index (κ1) is 15.2. The molecular formula is C11H13F3N2O3. The molecule has 0 aliphatic heterocycles. The van der Waals surface area contributed by atoms with E-state index in [0.29, 0.717) is 5.69 Å². The van der Waals surface area contributed by atoms with Crippen molar-refractivity contribution in [3.63, 3.8) is 0 Å². The summed E-state index contributed by atoms with van der Waals surface area (Å²) in [6.07, 6.45) is -4.12. The predicted molar refractivity (Wildman–Crippen MR) is 59.3 cm³/mol. The van der Waals surface area contributed by atoms with Crippen LogP contribution >= 0.6 is 0 Å². The Morgan fingerprint density at radius 3 is 2.53 bits per heavy atom. The molecule has 0 aromatic carbocycles. The van der Waals surface area contributed by atoms with Crippen molar-refractivity contribution in [1.82, 2.24) is 4.98 Å². The van der Waals surface area contributed by atoms with E-state index in [4.69, 9.17) is 5.73 Å². The van der Waals surface area contributed by atoms with Crippen molar-refractivity contribution in [3.05, 3.63) is 23.0 Å². The quantitative estimate of drug-likeness (QED) is 0.844. The van der Waals surface area contributed by atoms with E-state index in [9.17, 15) is 18.0 Å². The highest BCUT2D eigenvalue weighted by Crippen LogP contribution is 2.29. The molecule has 0 spiro atoms. The van der Waals surface area contributed by atoms with Gasteiger partial charge in [0, 0.05) is 17.8 Å². The Bertz CT molecular complexity index is 475. The molecule has 1 rings (SSSR count). The molecular weight excluding hydrogens is 265 g/mol. The van der Waals surface area contributed by atoms with E-state index in [0.717, 1.165) is 6.20 Å². The largest absolute Gasteiger partial charge is 0.573 e. The molecule has 0 fully saturated rings. The van der Waals surface area contributed by atoms with E-state index in [1.54, 1.807) is 6.92 Å². The molecule has 5 nitrogen and oxygen atoms in total. The average Bonchev–Trinajstić information content (AvgIpc) is 2.31. The van der Waals surface area contributed by atoms with Crippen LogP contribution in [0.1, 0.15) is 16.8 Å². The Morgan fingerprint density at radius 2 is 2.05 bits per heavy atom. The molecule has 8 heteroatoms. The van der Waals surface area contributed by atoms with Gasteiger partial charge in [-0.3, -0.25) is 9.78 Å². The Labute approximate surface area is 107 Å². The number of hydrogen-bond donors (Lipinski definition) is 1. The van der Waals surface area contributed by atoms with E-state index >= 15 is 0 Å². The molecule has 0 unspecified atom stereocenters. The number of aryl methyl sites for hydroxylation is 1. The fraction of sp³-hybridized carbons (Fsp3) is 0.455. The fourth-order valence-electron chi connectivity index (χ4n) is 1.57. The zero-order valence-corrected chi connectivity index (χ0v) is 10.4. The lowest BCUT2D eigenvalue weighted by Crippen LogP contribution is -2.21. The number of halogens is 3. The second-order valence-electron chi connectivity index (χ2n) is 3.67. The molecule has 106 valence electrons. The number of aromatic nitrogens is 1. The number of nitrogens with two attached hydrogens (primary N) is 1. The molecule has 19 heavy (non-hydrogen) atoms. The van der Waals surface area contributed by atoms with Crippen LogP contribution < -0.4 is 10.5 Å². The first-order valence-corrected chi connectivity index (χ1v) is 5.28. The smallest absolute Gasteiger partial charge is 0.469 e. The molecule has 0 bridgehead atoms. The van der Waals surface area contributed by atoms with E-state index in [2.05, 4.69) is 14.5 Å². The zero-order chi connectivity index (χ0) is 14.6. The van der Waals surface area contributed by atoms with Crippen molar-refractivity contribution in [2.75, 3.05) is 7.11 Å². The molecule has 0 aliphatic rings. The van der Waals surface area contributed by atoms with Gasteiger partial charge in [0.15, 0.2) is 5.75 Å². The maximum Gasteiger partial charge on any atom is 0.573 e. The van der Waals surface area contributed by atoms with E-state index < -0.39 is 18.1 Å². The van der Waals surface area contributed by atoms with Gasteiger partial charge in [-0.15, -0.1) is 13.2 Å². The van der Waals surface area contributed by atoms with Gasteiger partial charge < -0.3 is 15.2 Å². The highest BCUT2D eigenvalue weighted by atomic mass is 19.4. The zero-order valence-electron chi connectivity index (χ0n) is 10.4. The number of nitrogens with zero attached hydrogens (tertiary/aromatic N) is 1. The van der Waals surface area contributed by atoms with Crippen molar-refractivity contribution in [2.24, 2.45) is 5.73 Å². The highest BCUT2D eigenvalue weighted by Gasteiger charge is 2.33. The summed E-state index contributed by atoms with van der Waals surface area (Å²) in [4.78, 5) is 15.0. The number of ether oxygens (including phenoxy) is 2. The summed E-state index contributed by atoms with van der Waals surface area (Å²) in [6.45, 7) is 1.36. The van der Waals surface area contributed by atoms with Crippen LogP contribution in [0.5, 0.6) is 5.75 Å². The standard InChI is InChI=1S/C11H13F3N2O3/c1-6-7(3-10(17)18-2)8(4-15)9(5-16-6)19-11(12,13)14/h5H,3-4,15H2,1-2H3. The first-order chi connectivity index (χ1) is 8.78. The van der Waals surface area contributed by atoms with Crippen molar-refractivity contribution < 1.29 is 27.4 Å². The Hall–Kier alpha value is -1.83. The molecule has 1 aromatic heterocycles. The Morgan fingerprint density at radius 1 is 1.42 bits per heavy atom. The minimum Gasteiger partial charge on any atom is -0.469 e. The summed E-state index contributed by atoms with van der Waals surface area (Å²) in [5, 5.41) is 0. The van der Waals surface area contributed by atoms with Crippen LogP contribution in [0, 0.1) is 6.92 Å². The molecule has 2 N–H and O–H groups in total. The van der Waals surface area contributed by atoms with Crippen LogP contribution in [0.3, 0.4) is 0 Å². The second kappa shape index (κ2) is 5.87. The minimum atomic E-state index is -4.84. The van der Waals surface area contributed by atoms with Gasteiger partial charge in [-0.25, -0.2) is 0 Å². The van der Waals surface area contributed by atoms with Crippen molar-refractivity contribution >= 4 is 5.97 Å². The number of carbonyl (C=O) groups excluding carboxylic acids is 1. The third-order valence-corrected chi connectivity index (χ3v) is 2.45. The molecule has 1 heterocycles. The summed E-state index contributed by atoms with van der Waals surface area (Å²) in [5.41, 5.74) is 6.21. The van der Waals surface area contributed by atoms with Crippen LogP contribution in [0.25, 0.3) is 0 Å². The van der Waals surface area contributed by atoms with Gasteiger partial charge in [-0.05, 0) is 12.5 Å². The van der Waals surface area contributed by atoms with Gasteiger partial charge >= 0.3 is 12.3 Å². The maximum atomic E-state index is 12.2. The fourth-order valence-corrected chi connectivity index (χ4v) is 1.57. The number of alkyl halides is 3. The highest BCUT2D eigenvalue weighted by molar-refractivity contribution is 5.73. The number of rotatable bonds is 4. The van der Waals surface area contributed by atoms with Crippen molar-refractivity contribution in [3.8, 4) is 5.75 Å². The van der Waals surface area contributed by atoms with Crippen LogP contribution in [-0.4, -0.2) is 24.4 Å². The number of hydrogen-bond acceptors (Lipinski definition) is 5. The number of pyridine rings is 1. The maximum absolute atomic E-state index is 12.2. The van der Waals surface area contributed by atoms with Gasteiger partial charge in [0.2, 0.25) is 0 Å².